The number of fused-ring (bicyclic) bond motifs is 1. The molecule has 0 spiro atoms. The maximum absolute atomic E-state index is 14.2. The lowest BCUT2D eigenvalue weighted by Crippen LogP contribution is -2.65. The van der Waals surface area contributed by atoms with Gasteiger partial charge >= 0.3 is 0 Å². The van der Waals surface area contributed by atoms with E-state index < -0.39 is 5.66 Å². The van der Waals surface area contributed by atoms with Gasteiger partial charge in [0.15, 0.2) is 5.82 Å². The van der Waals surface area contributed by atoms with Crippen molar-refractivity contribution in [2.45, 2.75) is 45.2 Å². The Balaban J connectivity index is 1.60. The van der Waals surface area contributed by atoms with E-state index in [1.54, 1.807) is 12.5 Å². The molecular weight excluding hydrogens is 432 g/mol. The highest BCUT2D eigenvalue weighted by Crippen LogP contribution is 2.44. The molecule has 0 saturated carbocycles. The Labute approximate surface area is 200 Å². The van der Waals surface area contributed by atoms with Crippen LogP contribution in [0.4, 0.5) is 17.3 Å². The van der Waals surface area contributed by atoms with Crippen molar-refractivity contribution in [2.24, 2.45) is 0 Å². The molecule has 5 rings (SSSR count). The minimum atomic E-state index is -1.04. The summed E-state index contributed by atoms with van der Waals surface area (Å²) in [5, 5.41) is 5.37. The Hall–Kier alpha value is -2.82. The number of carbonyl (C=O) groups is 1. The molecule has 0 radical (unpaired) electrons. The predicted molar refractivity (Wildman–Crippen MR) is 130 cm³/mol. The zero-order valence-corrected chi connectivity index (χ0v) is 20.1. The zero-order chi connectivity index (χ0) is 23.5. The van der Waals surface area contributed by atoms with Crippen molar-refractivity contribution in [1.29, 1.82) is 0 Å². The SMILES string of the molecule is CCOCCN1NC(C(=O)N2CCCC2)(N2CCCC2)c2ncnc(Nc3cc(C)ccn3)c21. The number of anilines is 3. The lowest BCUT2D eigenvalue weighted by Gasteiger charge is -2.40. The van der Waals surface area contributed by atoms with Gasteiger partial charge < -0.3 is 15.0 Å². The van der Waals surface area contributed by atoms with E-state index in [1.807, 2.05) is 35.9 Å². The molecule has 5 heterocycles. The maximum Gasteiger partial charge on any atom is 0.266 e. The number of nitrogens with zero attached hydrogens (tertiary/aromatic N) is 6. The topological polar surface area (TPSA) is 98.8 Å². The summed E-state index contributed by atoms with van der Waals surface area (Å²) in [5.41, 5.74) is 5.16. The fourth-order valence-corrected chi connectivity index (χ4v) is 5.20. The van der Waals surface area contributed by atoms with Crippen molar-refractivity contribution >= 4 is 23.2 Å². The molecule has 1 unspecified atom stereocenters. The highest BCUT2D eigenvalue weighted by molar-refractivity contribution is 5.93. The van der Waals surface area contributed by atoms with E-state index in [2.05, 4.69) is 25.6 Å². The molecule has 182 valence electrons. The third-order valence-corrected chi connectivity index (χ3v) is 6.84. The van der Waals surface area contributed by atoms with E-state index in [9.17, 15) is 4.79 Å². The number of ether oxygens (including phenoxy) is 1. The first-order valence-electron chi connectivity index (χ1n) is 12.4. The molecule has 0 aliphatic carbocycles. The van der Waals surface area contributed by atoms with Gasteiger partial charge in [-0.1, -0.05) is 0 Å². The summed E-state index contributed by atoms with van der Waals surface area (Å²) in [6.45, 7) is 8.99. The first kappa shape index (κ1) is 22.9. The molecule has 2 saturated heterocycles. The summed E-state index contributed by atoms with van der Waals surface area (Å²) in [4.78, 5) is 32.2. The van der Waals surface area contributed by atoms with Crippen LogP contribution in [0.3, 0.4) is 0 Å². The van der Waals surface area contributed by atoms with E-state index in [1.165, 1.54) is 0 Å². The fourth-order valence-electron chi connectivity index (χ4n) is 5.20. The monoisotopic (exact) mass is 466 g/mol. The van der Waals surface area contributed by atoms with E-state index in [4.69, 9.17) is 9.72 Å². The van der Waals surface area contributed by atoms with Crippen LogP contribution in [0.2, 0.25) is 0 Å². The van der Waals surface area contributed by atoms with Crippen LogP contribution in [0.25, 0.3) is 0 Å². The van der Waals surface area contributed by atoms with Gasteiger partial charge in [0.1, 0.15) is 23.5 Å². The van der Waals surface area contributed by atoms with E-state index in [0.717, 1.165) is 63.1 Å². The lowest BCUT2D eigenvalue weighted by molar-refractivity contribution is -0.146. The number of likely N-dealkylation sites (tertiary alicyclic amines) is 2. The van der Waals surface area contributed by atoms with Crippen LogP contribution in [0.15, 0.2) is 24.7 Å². The first-order valence-corrected chi connectivity index (χ1v) is 12.4. The van der Waals surface area contributed by atoms with E-state index in [-0.39, 0.29) is 5.91 Å². The number of hydrazine groups is 1. The summed E-state index contributed by atoms with van der Waals surface area (Å²) in [6, 6.07) is 3.93. The molecule has 0 aromatic carbocycles. The molecule has 1 amide bonds. The minimum Gasteiger partial charge on any atom is -0.380 e. The van der Waals surface area contributed by atoms with Crippen molar-refractivity contribution in [2.75, 3.05) is 56.3 Å². The summed E-state index contributed by atoms with van der Waals surface area (Å²) >= 11 is 0. The standard InChI is InChI=1S/C24H34N8O2/c1-3-34-15-14-32-20-21(26-17-27-22(20)28-19-16-18(2)8-9-25-19)24(29-32,31-12-6-7-13-31)23(33)30-10-4-5-11-30/h8-9,16-17,29H,3-7,10-15H2,1-2H3,(H,25,26,27,28). The van der Waals surface area contributed by atoms with Crippen LogP contribution in [0, 0.1) is 6.92 Å². The second-order valence-corrected chi connectivity index (χ2v) is 9.13. The molecule has 1 atom stereocenters. The minimum absolute atomic E-state index is 0.0744. The molecule has 3 aliphatic rings. The number of nitrogens with one attached hydrogen (secondary N) is 2. The van der Waals surface area contributed by atoms with Crippen LogP contribution in [-0.4, -0.2) is 76.6 Å². The van der Waals surface area contributed by atoms with Gasteiger partial charge in [-0.25, -0.2) is 15.0 Å². The Morgan fingerprint density at radius 1 is 1.15 bits per heavy atom. The Morgan fingerprint density at radius 3 is 2.65 bits per heavy atom. The van der Waals surface area contributed by atoms with Crippen LogP contribution >= 0.6 is 0 Å². The van der Waals surface area contributed by atoms with Gasteiger partial charge in [0, 0.05) is 39.0 Å². The zero-order valence-electron chi connectivity index (χ0n) is 20.1. The van der Waals surface area contributed by atoms with Gasteiger partial charge in [-0.15, -0.1) is 0 Å². The van der Waals surface area contributed by atoms with Crippen molar-refractivity contribution in [3.05, 3.63) is 35.9 Å². The quantitative estimate of drug-likeness (QED) is 0.567. The molecule has 2 fully saturated rings. The largest absolute Gasteiger partial charge is 0.380 e. The third-order valence-electron chi connectivity index (χ3n) is 6.84. The summed E-state index contributed by atoms with van der Waals surface area (Å²) < 4.78 is 5.67. The van der Waals surface area contributed by atoms with Gasteiger partial charge in [-0.3, -0.25) is 14.7 Å². The Kier molecular flexibility index (Phi) is 6.62. The van der Waals surface area contributed by atoms with Crippen molar-refractivity contribution in [3.63, 3.8) is 0 Å². The average Bonchev–Trinajstić information content (AvgIpc) is 3.60. The average molecular weight is 467 g/mol. The first-order chi connectivity index (χ1) is 16.6. The second-order valence-electron chi connectivity index (χ2n) is 9.13. The molecule has 10 heteroatoms. The number of pyridine rings is 1. The van der Waals surface area contributed by atoms with Crippen molar-refractivity contribution in [3.8, 4) is 0 Å². The normalized spacial score (nSPS) is 22.4. The summed E-state index contributed by atoms with van der Waals surface area (Å²) in [6.07, 6.45) is 7.53. The van der Waals surface area contributed by atoms with Crippen LogP contribution in [0.5, 0.6) is 0 Å². The smallest absolute Gasteiger partial charge is 0.266 e. The van der Waals surface area contributed by atoms with E-state index in [0.29, 0.717) is 37.1 Å². The van der Waals surface area contributed by atoms with Gasteiger partial charge in [0.2, 0.25) is 5.66 Å². The maximum atomic E-state index is 14.2. The number of hydrogen-bond acceptors (Lipinski definition) is 9. The van der Waals surface area contributed by atoms with Crippen LogP contribution in [-0.2, 0) is 15.2 Å². The summed E-state index contributed by atoms with van der Waals surface area (Å²) in [5.74, 6) is 1.41. The van der Waals surface area contributed by atoms with E-state index >= 15 is 0 Å². The Morgan fingerprint density at radius 2 is 1.91 bits per heavy atom. The van der Waals surface area contributed by atoms with Crippen LogP contribution < -0.4 is 15.8 Å². The molecule has 2 N–H and O–H groups in total. The number of carbonyl (C=O) groups excluding carboxylic acids is 1. The number of aryl methyl sites for hydroxylation is 1. The van der Waals surface area contributed by atoms with Crippen LogP contribution in [0.1, 0.15) is 43.9 Å². The molecular formula is C24H34N8O2. The van der Waals surface area contributed by atoms with Crippen molar-refractivity contribution < 1.29 is 9.53 Å². The Bertz CT molecular complexity index is 1020. The number of rotatable bonds is 8. The molecule has 0 bridgehead atoms. The molecule has 3 aliphatic heterocycles. The molecule has 10 nitrogen and oxygen atoms in total. The molecule has 34 heavy (non-hydrogen) atoms. The predicted octanol–water partition coefficient (Wildman–Crippen LogP) is 2.16. The second kappa shape index (κ2) is 9.81. The van der Waals surface area contributed by atoms with Gasteiger partial charge in [-0.2, -0.15) is 5.43 Å². The highest BCUT2D eigenvalue weighted by Gasteiger charge is 2.57. The highest BCUT2D eigenvalue weighted by atomic mass is 16.5. The van der Waals surface area contributed by atoms with Gasteiger partial charge in [0.25, 0.3) is 5.91 Å². The summed E-state index contributed by atoms with van der Waals surface area (Å²) in [7, 11) is 0. The molecule has 2 aromatic heterocycles. The van der Waals surface area contributed by atoms with Gasteiger partial charge in [-0.05, 0) is 57.2 Å². The lowest BCUT2D eigenvalue weighted by atomic mass is 10.0. The fraction of sp³-hybridized carbons (Fsp3) is 0.583. The number of aromatic nitrogens is 3. The van der Waals surface area contributed by atoms with Crippen molar-refractivity contribution in [1.82, 2.24) is 30.2 Å². The number of hydrogen-bond donors (Lipinski definition) is 2. The van der Waals surface area contributed by atoms with Gasteiger partial charge in [0.05, 0.1) is 13.2 Å². The molecule has 2 aromatic rings. The number of amides is 1. The third kappa shape index (κ3) is 4.10.